The molecule has 0 bridgehead atoms. The van der Waals surface area contributed by atoms with Gasteiger partial charge in [-0.2, -0.15) is 0 Å². The summed E-state index contributed by atoms with van der Waals surface area (Å²) in [5.74, 6) is 0.142. The van der Waals surface area contributed by atoms with Gasteiger partial charge in [-0.25, -0.2) is 0 Å². The molecule has 1 aromatic carbocycles. The Balaban J connectivity index is 3.18. The third kappa shape index (κ3) is 6.55. The second-order valence-electron chi connectivity index (χ2n) is 9.01. The molecular weight excluding hydrogens is 334 g/mol. The molecular formula is C24H40NO2. The van der Waals surface area contributed by atoms with E-state index < -0.39 is 12.0 Å². The number of nitrogens with one attached hydrogen (secondary N) is 1. The van der Waals surface area contributed by atoms with E-state index >= 15 is 0 Å². The number of benzene rings is 1. The number of unbranched alkanes of at least 4 members (excludes halogenated alkanes) is 3. The average Bonchev–Trinajstić information content (AvgIpc) is 2.63. The first-order chi connectivity index (χ1) is 12.6. The van der Waals surface area contributed by atoms with E-state index in [1.807, 2.05) is 6.07 Å². The van der Waals surface area contributed by atoms with E-state index in [1.165, 1.54) is 5.56 Å². The van der Waals surface area contributed by atoms with Crippen molar-refractivity contribution in [2.75, 3.05) is 0 Å². The third-order valence-electron chi connectivity index (χ3n) is 6.14. The number of carbonyl (C=O) groups excluding carboxylic acids is 1. The number of amides is 1. The summed E-state index contributed by atoms with van der Waals surface area (Å²) in [7, 11) is 0. The van der Waals surface area contributed by atoms with Crippen LogP contribution in [0.3, 0.4) is 0 Å². The van der Waals surface area contributed by atoms with Crippen LogP contribution < -0.4 is 10.5 Å². The van der Waals surface area contributed by atoms with Crippen molar-refractivity contribution >= 4 is 5.91 Å². The van der Waals surface area contributed by atoms with Crippen molar-refractivity contribution in [3.63, 3.8) is 0 Å². The van der Waals surface area contributed by atoms with Gasteiger partial charge in [-0.3, -0.25) is 10.5 Å². The minimum absolute atomic E-state index is 0.0486. The molecule has 0 aliphatic rings. The van der Waals surface area contributed by atoms with Gasteiger partial charge in [0.2, 0.25) is 0 Å². The maximum absolute atomic E-state index is 11.9. The van der Waals surface area contributed by atoms with Gasteiger partial charge in [0.1, 0.15) is 5.75 Å². The minimum atomic E-state index is -0.668. The largest absolute Gasteiger partial charge is 0.480 e. The Morgan fingerprint density at radius 1 is 1.00 bits per heavy atom. The van der Waals surface area contributed by atoms with E-state index in [0.717, 1.165) is 49.8 Å². The normalized spacial score (nSPS) is 13.4. The fourth-order valence-corrected chi connectivity index (χ4v) is 3.13. The van der Waals surface area contributed by atoms with Gasteiger partial charge in [-0.05, 0) is 48.1 Å². The van der Waals surface area contributed by atoms with Crippen LogP contribution in [0.2, 0.25) is 0 Å². The first-order valence-electron chi connectivity index (χ1n) is 10.7. The van der Waals surface area contributed by atoms with Gasteiger partial charge in [0.25, 0.3) is 5.91 Å². The van der Waals surface area contributed by atoms with Gasteiger partial charge in [0.15, 0.2) is 6.10 Å². The molecule has 1 atom stereocenters. The molecule has 0 aliphatic carbocycles. The Labute approximate surface area is 167 Å². The predicted molar refractivity (Wildman–Crippen MR) is 114 cm³/mol. The second kappa shape index (κ2) is 10.1. The van der Waals surface area contributed by atoms with E-state index in [2.05, 4.69) is 60.6 Å². The molecule has 0 fully saturated rings. The van der Waals surface area contributed by atoms with Gasteiger partial charge < -0.3 is 4.74 Å². The van der Waals surface area contributed by atoms with E-state index in [0.29, 0.717) is 6.42 Å². The van der Waals surface area contributed by atoms with Gasteiger partial charge in [-0.1, -0.05) is 79.9 Å². The van der Waals surface area contributed by atoms with Crippen molar-refractivity contribution in [3.05, 3.63) is 29.3 Å². The van der Waals surface area contributed by atoms with Gasteiger partial charge >= 0.3 is 0 Å². The monoisotopic (exact) mass is 374 g/mol. The molecule has 27 heavy (non-hydrogen) atoms. The van der Waals surface area contributed by atoms with Crippen molar-refractivity contribution in [2.24, 2.45) is 0 Å². The highest BCUT2D eigenvalue weighted by molar-refractivity contribution is 5.78. The highest BCUT2D eigenvalue weighted by Crippen LogP contribution is 2.39. The van der Waals surface area contributed by atoms with E-state index in [4.69, 9.17) is 10.5 Å². The molecule has 1 amide bonds. The average molecular weight is 375 g/mol. The smallest absolute Gasteiger partial charge is 0.279 e. The summed E-state index contributed by atoms with van der Waals surface area (Å²) in [5.41, 5.74) is 10.1. The Bertz CT molecular complexity index is 604. The molecule has 3 nitrogen and oxygen atoms in total. The number of hydrogen-bond donors (Lipinski definition) is 0. The third-order valence-corrected chi connectivity index (χ3v) is 6.14. The van der Waals surface area contributed by atoms with E-state index in [-0.39, 0.29) is 10.8 Å². The van der Waals surface area contributed by atoms with Crippen LogP contribution in [-0.4, -0.2) is 12.0 Å². The van der Waals surface area contributed by atoms with Crippen molar-refractivity contribution < 1.29 is 9.53 Å². The summed E-state index contributed by atoms with van der Waals surface area (Å²) < 4.78 is 6.14. The fraction of sp³-hybridized carbons (Fsp3) is 0.708. The first kappa shape index (κ1) is 23.5. The van der Waals surface area contributed by atoms with Gasteiger partial charge in [0, 0.05) is 5.56 Å². The van der Waals surface area contributed by atoms with Crippen LogP contribution >= 0.6 is 0 Å². The number of rotatable bonds is 12. The van der Waals surface area contributed by atoms with Crippen molar-refractivity contribution in [2.45, 2.75) is 110 Å². The summed E-state index contributed by atoms with van der Waals surface area (Å²) in [6.45, 7) is 15.5. The van der Waals surface area contributed by atoms with Gasteiger partial charge in [0.05, 0.1) is 0 Å². The topological polar surface area (TPSA) is 50.1 Å². The maximum Gasteiger partial charge on any atom is 0.279 e. The zero-order valence-corrected chi connectivity index (χ0v) is 18.6. The molecule has 3 heteroatoms. The minimum Gasteiger partial charge on any atom is -0.480 e. The van der Waals surface area contributed by atoms with Crippen molar-refractivity contribution in [1.29, 1.82) is 0 Å². The summed E-state index contributed by atoms with van der Waals surface area (Å²) in [4.78, 5) is 11.9. The number of carbonyl (C=O) groups is 1. The maximum atomic E-state index is 11.9. The Kier molecular flexibility index (Phi) is 8.84. The second-order valence-corrected chi connectivity index (χ2v) is 9.01. The Morgan fingerprint density at radius 2 is 1.63 bits per heavy atom. The zero-order chi connectivity index (χ0) is 20.7. The highest BCUT2D eigenvalue weighted by Gasteiger charge is 2.28. The molecule has 1 radical (unpaired) electrons. The molecule has 0 saturated carbocycles. The molecule has 0 heterocycles. The van der Waals surface area contributed by atoms with Crippen LogP contribution in [-0.2, 0) is 15.6 Å². The number of hydrogen-bond acceptors (Lipinski definition) is 2. The molecule has 1 rings (SSSR count). The molecule has 0 aromatic heterocycles. The molecule has 0 spiro atoms. The summed E-state index contributed by atoms with van der Waals surface area (Å²) in [5, 5.41) is 0. The lowest BCUT2D eigenvalue weighted by molar-refractivity contribution is -0.125. The molecule has 0 aliphatic heterocycles. The zero-order valence-electron chi connectivity index (χ0n) is 18.6. The van der Waals surface area contributed by atoms with Crippen LogP contribution in [0.25, 0.3) is 0 Å². The van der Waals surface area contributed by atoms with Crippen molar-refractivity contribution in [1.82, 2.24) is 5.73 Å². The Hall–Kier alpha value is -1.51. The first-order valence-corrected chi connectivity index (χ1v) is 10.7. The summed E-state index contributed by atoms with van der Waals surface area (Å²) >= 11 is 0. The molecule has 153 valence electrons. The highest BCUT2D eigenvalue weighted by atomic mass is 16.5. The molecule has 0 saturated heterocycles. The SMILES string of the molecule is CCCCCCC(Oc1ccc(C(C)(C)CC)cc1C(C)(C)CC)C([NH])=O. The standard InChI is InChI=1S/C24H40NO2/c1-8-11-12-13-14-21(22(25)26)27-20-16-15-18(23(4,5)9-2)17-19(20)24(6,7)10-3/h15-17,21,25H,8-14H2,1-7H3. The van der Waals surface area contributed by atoms with Crippen LogP contribution in [0.1, 0.15) is 105 Å². The van der Waals surface area contributed by atoms with Crippen LogP contribution in [0.4, 0.5) is 0 Å². The van der Waals surface area contributed by atoms with E-state index in [9.17, 15) is 4.79 Å². The fourth-order valence-electron chi connectivity index (χ4n) is 3.13. The van der Waals surface area contributed by atoms with Crippen LogP contribution in [0.5, 0.6) is 5.75 Å². The lowest BCUT2D eigenvalue weighted by Gasteiger charge is -2.31. The predicted octanol–water partition coefficient (Wildman–Crippen LogP) is 6.59. The van der Waals surface area contributed by atoms with E-state index in [1.54, 1.807) is 0 Å². The molecule has 1 N–H and O–H groups in total. The summed E-state index contributed by atoms with van der Waals surface area (Å²) in [6.07, 6.45) is 6.32. The quantitative estimate of drug-likeness (QED) is 0.387. The van der Waals surface area contributed by atoms with Crippen molar-refractivity contribution in [3.8, 4) is 5.75 Å². The lowest BCUT2D eigenvalue weighted by atomic mass is 9.76. The molecule has 1 unspecified atom stereocenters. The lowest BCUT2D eigenvalue weighted by Crippen LogP contribution is -2.30. The number of ether oxygens (including phenoxy) is 1. The Morgan fingerprint density at radius 3 is 2.15 bits per heavy atom. The summed E-state index contributed by atoms with van der Waals surface area (Å²) in [6, 6.07) is 6.39. The van der Waals surface area contributed by atoms with Gasteiger partial charge in [-0.15, -0.1) is 0 Å². The molecule has 1 aromatic rings. The van der Waals surface area contributed by atoms with Crippen LogP contribution in [0, 0.1) is 0 Å². The van der Waals surface area contributed by atoms with Crippen LogP contribution in [0.15, 0.2) is 18.2 Å².